The number of rotatable bonds is 4. The van der Waals surface area contributed by atoms with Gasteiger partial charge < -0.3 is 11.1 Å². The molecule has 0 heterocycles. The second-order valence-electron chi connectivity index (χ2n) is 4.61. The highest BCUT2D eigenvalue weighted by atomic mass is 35.5. The number of hydrogen-bond donors (Lipinski definition) is 2. The number of anilines is 1. The lowest BCUT2D eigenvalue weighted by Crippen LogP contribution is -2.21. The van der Waals surface area contributed by atoms with Gasteiger partial charge in [-0.15, -0.1) is 0 Å². The standard InChI is InChI=1S/C13H15ClN2OS/c14-10-5-4-9(13(15)18)7-11(10)16-12(17)6-8-2-1-3-8/h4-5,7-8H,1-3,6H2,(H2,15,18)(H,16,17). The molecule has 1 aromatic carbocycles. The summed E-state index contributed by atoms with van der Waals surface area (Å²) in [5.41, 5.74) is 6.83. The van der Waals surface area contributed by atoms with Crippen LogP contribution in [-0.2, 0) is 4.79 Å². The van der Waals surface area contributed by atoms with Gasteiger partial charge in [-0.2, -0.15) is 0 Å². The molecule has 0 atom stereocenters. The summed E-state index contributed by atoms with van der Waals surface area (Å²) < 4.78 is 0. The molecule has 96 valence electrons. The van der Waals surface area contributed by atoms with E-state index in [1.807, 2.05) is 0 Å². The lowest BCUT2D eigenvalue weighted by atomic mass is 9.83. The number of carbonyl (C=O) groups is 1. The van der Waals surface area contributed by atoms with Gasteiger partial charge in [-0.3, -0.25) is 4.79 Å². The number of hydrogen-bond acceptors (Lipinski definition) is 2. The Kier molecular flexibility index (Phi) is 4.19. The van der Waals surface area contributed by atoms with Crippen LogP contribution in [0.3, 0.4) is 0 Å². The Morgan fingerprint density at radius 2 is 2.22 bits per heavy atom. The normalized spacial score (nSPS) is 14.9. The van der Waals surface area contributed by atoms with Crippen LogP contribution in [0.2, 0.25) is 5.02 Å². The molecule has 3 nitrogen and oxygen atoms in total. The van der Waals surface area contributed by atoms with E-state index in [0.29, 0.717) is 33.6 Å². The zero-order valence-corrected chi connectivity index (χ0v) is 11.5. The van der Waals surface area contributed by atoms with E-state index in [2.05, 4.69) is 5.32 Å². The first-order chi connectivity index (χ1) is 8.56. The molecule has 3 N–H and O–H groups in total. The van der Waals surface area contributed by atoms with Crippen LogP contribution < -0.4 is 11.1 Å². The SMILES string of the molecule is NC(=S)c1ccc(Cl)c(NC(=O)CC2CCC2)c1. The zero-order chi connectivity index (χ0) is 13.1. The molecule has 1 aliphatic rings. The minimum atomic E-state index is 0.00156. The summed E-state index contributed by atoms with van der Waals surface area (Å²) in [5, 5.41) is 3.32. The smallest absolute Gasteiger partial charge is 0.224 e. The molecule has 0 spiro atoms. The molecular weight excluding hydrogens is 268 g/mol. The van der Waals surface area contributed by atoms with Crippen LogP contribution in [-0.4, -0.2) is 10.9 Å². The lowest BCUT2D eigenvalue weighted by molar-refractivity contribution is -0.117. The van der Waals surface area contributed by atoms with Crippen LogP contribution in [0.25, 0.3) is 0 Å². The second kappa shape index (κ2) is 5.67. The zero-order valence-electron chi connectivity index (χ0n) is 9.91. The van der Waals surface area contributed by atoms with Gasteiger partial charge >= 0.3 is 0 Å². The Balaban J connectivity index is 2.04. The molecule has 0 radical (unpaired) electrons. The van der Waals surface area contributed by atoms with Gasteiger partial charge in [0.1, 0.15) is 4.99 Å². The highest BCUT2D eigenvalue weighted by molar-refractivity contribution is 7.80. The van der Waals surface area contributed by atoms with Gasteiger partial charge in [0.2, 0.25) is 5.91 Å². The number of nitrogens with two attached hydrogens (primary N) is 1. The molecule has 0 bridgehead atoms. The predicted molar refractivity (Wildman–Crippen MR) is 77.9 cm³/mol. The first-order valence-corrected chi connectivity index (χ1v) is 6.74. The molecule has 1 amide bonds. The summed E-state index contributed by atoms with van der Waals surface area (Å²) in [6.07, 6.45) is 4.09. The molecule has 1 aliphatic carbocycles. The second-order valence-corrected chi connectivity index (χ2v) is 5.46. The topological polar surface area (TPSA) is 55.1 Å². The largest absolute Gasteiger partial charge is 0.389 e. The third kappa shape index (κ3) is 3.21. The first kappa shape index (κ1) is 13.3. The van der Waals surface area contributed by atoms with E-state index < -0.39 is 0 Å². The molecule has 0 unspecified atom stereocenters. The number of amides is 1. The molecule has 2 rings (SSSR count). The number of halogens is 1. The Labute approximate surface area is 117 Å². The molecule has 18 heavy (non-hydrogen) atoms. The van der Waals surface area contributed by atoms with Crippen LogP contribution in [0.15, 0.2) is 18.2 Å². The average Bonchev–Trinajstić information content (AvgIpc) is 2.26. The van der Waals surface area contributed by atoms with E-state index >= 15 is 0 Å². The molecule has 0 aromatic heterocycles. The van der Waals surface area contributed by atoms with E-state index in [-0.39, 0.29) is 5.91 Å². The summed E-state index contributed by atoms with van der Waals surface area (Å²) in [5.74, 6) is 0.532. The highest BCUT2D eigenvalue weighted by Gasteiger charge is 2.21. The third-order valence-corrected chi connectivity index (χ3v) is 3.79. The van der Waals surface area contributed by atoms with Crippen molar-refractivity contribution in [3.8, 4) is 0 Å². The quantitative estimate of drug-likeness (QED) is 0.835. The fraction of sp³-hybridized carbons (Fsp3) is 0.385. The maximum atomic E-state index is 11.8. The molecule has 0 saturated heterocycles. The minimum absolute atomic E-state index is 0.00156. The monoisotopic (exact) mass is 282 g/mol. The average molecular weight is 283 g/mol. The molecular formula is C13H15ClN2OS. The van der Waals surface area contributed by atoms with E-state index in [0.717, 1.165) is 12.8 Å². The molecule has 0 aliphatic heterocycles. The summed E-state index contributed by atoms with van der Waals surface area (Å²) >= 11 is 10.9. The fourth-order valence-corrected chi connectivity index (χ4v) is 2.23. The van der Waals surface area contributed by atoms with Crippen molar-refractivity contribution in [1.82, 2.24) is 0 Å². The van der Waals surface area contributed by atoms with Crippen molar-refractivity contribution in [3.05, 3.63) is 28.8 Å². The Morgan fingerprint density at radius 1 is 1.50 bits per heavy atom. The van der Waals surface area contributed by atoms with Crippen LogP contribution >= 0.6 is 23.8 Å². The van der Waals surface area contributed by atoms with Crippen molar-refractivity contribution in [1.29, 1.82) is 0 Å². The van der Waals surface area contributed by atoms with Gasteiger partial charge in [0, 0.05) is 12.0 Å². The molecule has 1 fully saturated rings. The van der Waals surface area contributed by atoms with Gasteiger partial charge in [-0.05, 0) is 30.9 Å². The fourth-order valence-electron chi connectivity index (χ4n) is 1.93. The Bertz CT molecular complexity index is 486. The van der Waals surface area contributed by atoms with Crippen molar-refractivity contribution in [2.24, 2.45) is 11.7 Å². The van der Waals surface area contributed by atoms with Crippen molar-refractivity contribution < 1.29 is 4.79 Å². The number of benzene rings is 1. The van der Waals surface area contributed by atoms with Crippen LogP contribution in [0, 0.1) is 5.92 Å². The third-order valence-electron chi connectivity index (χ3n) is 3.22. The van der Waals surface area contributed by atoms with Gasteiger partial charge in [0.25, 0.3) is 0 Å². The molecule has 1 saturated carbocycles. The number of nitrogens with one attached hydrogen (secondary N) is 1. The van der Waals surface area contributed by atoms with E-state index in [4.69, 9.17) is 29.6 Å². The lowest BCUT2D eigenvalue weighted by Gasteiger charge is -2.24. The van der Waals surface area contributed by atoms with Crippen molar-refractivity contribution in [2.45, 2.75) is 25.7 Å². The number of thiocarbonyl (C=S) groups is 1. The van der Waals surface area contributed by atoms with Crippen molar-refractivity contribution in [2.75, 3.05) is 5.32 Å². The van der Waals surface area contributed by atoms with Crippen LogP contribution in [0.1, 0.15) is 31.2 Å². The summed E-state index contributed by atoms with van der Waals surface area (Å²) in [4.78, 5) is 12.1. The van der Waals surface area contributed by atoms with Crippen LogP contribution in [0.5, 0.6) is 0 Å². The maximum absolute atomic E-state index is 11.8. The summed E-state index contributed by atoms with van der Waals surface area (Å²) in [6.45, 7) is 0. The summed E-state index contributed by atoms with van der Waals surface area (Å²) in [7, 11) is 0. The van der Waals surface area contributed by atoms with E-state index in [9.17, 15) is 4.79 Å². The van der Waals surface area contributed by atoms with Gasteiger partial charge in [-0.1, -0.05) is 36.3 Å². The maximum Gasteiger partial charge on any atom is 0.224 e. The highest BCUT2D eigenvalue weighted by Crippen LogP contribution is 2.30. The van der Waals surface area contributed by atoms with Crippen molar-refractivity contribution in [3.63, 3.8) is 0 Å². The molecule has 1 aromatic rings. The summed E-state index contributed by atoms with van der Waals surface area (Å²) in [6, 6.07) is 5.14. The van der Waals surface area contributed by atoms with Gasteiger partial charge in [0.05, 0.1) is 10.7 Å². The minimum Gasteiger partial charge on any atom is -0.389 e. The molecule has 5 heteroatoms. The Hall–Kier alpha value is -1.13. The predicted octanol–water partition coefficient (Wildman–Crippen LogP) is 3.10. The van der Waals surface area contributed by atoms with Gasteiger partial charge in [0.15, 0.2) is 0 Å². The number of carbonyl (C=O) groups excluding carboxylic acids is 1. The van der Waals surface area contributed by atoms with Crippen LogP contribution in [0.4, 0.5) is 5.69 Å². The van der Waals surface area contributed by atoms with E-state index in [1.165, 1.54) is 6.42 Å². The van der Waals surface area contributed by atoms with Crippen molar-refractivity contribution >= 4 is 40.4 Å². The first-order valence-electron chi connectivity index (χ1n) is 5.95. The van der Waals surface area contributed by atoms with E-state index in [1.54, 1.807) is 18.2 Å². The van der Waals surface area contributed by atoms with Gasteiger partial charge in [-0.25, -0.2) is 0 Å². The Morgan fingerprint density at radius 3 is 2.78 bits per heavy atom.